The van der Waals surface area contributed by atoms with Gasteiger partial charge in [0.15, 0.2) is 0 Å². The summed E-state index contributed by atoms with van der Waals surface area (Å²) >= 11 is 0. The number of ether oxygens (including phenoxy) is 3. The molecule has 0 atom stereocenters. The summed E-state index contributed by atoms with van der Waals surface area (Å²) in [5.41, 5.74) is 6.46. The smallest absolute Gasteiger partial charge is 0.338 e. The Bertz CT molecular complexity index is 1480. The van der Waals surface area contributed by atoms with E-state index in [2.05, 4.69) is 37.9 Å². The second-order valence-electron chi connectivity index (χ2n) is 9.88. The fourth-order valence-electron chi connectivity index (χ4n) is 3.86. The zero-order valence-electron chi connectivity index (χ0n) is 23.7. The Balaban J connectivity index is 1.71. The standard InChI is InChI=1S/C36H30O6/c1-22(2)34(37)40-31-13-7-25(8-14-31)28-19-29(26-9-15-32(16-10-26)41-35(38)23(3)4)21-30(20-28)27-11-17-33(18-12-27)42-36(39)24(5)6/h7-21H,1,3,5H2,2,4,6H3. The molecule has 0 aliphatic heterocycles. The van der Waals surface area contributed by atoms with Crippen molar-refractivity contribution >= 4 is 17.9 Å². The average Bonchev–Trinajstić information content (AvgIpc) is 2.98. The summed E-state index contributed by atoms with van der Waals surface area (Å²) in [5.74, 6) is -0.195. The number of hydrogen-bond acceptors (Lipinski definition) is 6. The lowest BCUT2D eigenvalue weighted by atomic mass is 9.93. The molecule has 4 aromatic rings. The van der Waals surface area contributed by atoms with Gasteiger partial charge in [0.25, 0.3) is 0 Å². The van der Waals surface area contributed by atoms with Crippen LogP contribution >= 0.6 is 0 Å². The number of carbonyl (C=O) groups is 3. The van der Waals surface area contributed by atoms with Gasteiger partial charge in [0.2, 0.25) is 0 Å². The van der Waals surface area contributed by atoms with Crippen molar-refractivity contribution in [2.75, 3.05) is 0 Å². The molecule has 0 amide bonds. The lowest BCUT2D eigenvalue weighted by Gasteiger charge is -2.13. The minimum Gasteiger partial charge on any atom is -0.423 e. The van der Waals surface area contributed by atoms with E-state index >= 15 is 0 Å². The van der Waals surface area contributed by atoms with Crippen LogP contribution in [0.1, 0.15) is 20.8 Å². The van der Waals surface area contributed by atoms with Gasteiger partial charge >= 0.3 is 17.9 Å². The number of carbonyl (C=O) groups excluding carboxylic acids is 3. The Morgan fingerprint density at radius 1 is 0.405 bits per heavy atom. The minimum absolute atomic E-state index is 0.317. The molecule has 210 valence electrons. The molecule has 0 aliphatic rings. The molecule has 0 fully saturated rings. The zero-order chi connectivity index (χ0) is 30.4. The molecule has 0 aliphatic carbocycles. The summed E-state index contributed by atoms with van der Waals surface area (Å²) in [4.78, 5) is 35.8. The Morgan fingerprint density at radius 2 is 0.619 bits per heavy atom. The first-order valence-electron chi connectivity index (χ1n) is 13.1. The van der Waals surface area contributed by atoms with Gasteiger partial charge in [-0.25, -0.2) is 14.4 Å². The summed E-state index contributed by atoms with van der Waals surface area (Å²) in [6.45, 7) is 15.6. The van der Waals surface area contributed by atoms with Gasteiger partial charge < -0.3 is 14.2 Å². The third-order valence-corrected chi connectivity index (χ3v) is 6.17. The zero-order valence-corrected chi connectivity index (χ0v) is 23.7. The molecule has 0 bridgehead atoms. The highest BCUT2D eigenvalue weighted by Gasteiger charge is 2.12. The molecule has 6 heteroatoms. The Labute approximate surface area is 245 Å². The maximum absolute atomic E-state index is 11.9. The average molecular weight is 559 g/mol. The van der Waals surface area contributed by atoms with Crippen LogP contribution in [0.2, 0.25) is 0 Å². The summed E-state index contributed by atoms with van der Waals surface area (Å²) in [7, 11) is 0. The van der Waals surface area contributed by atoms with Crippen molar-refractivity contribution < 1.29 is 28.6 Å². The van der Waals surface area contributed by atoms with E-state index in [0.29, 0.717) is 34.0 Å². The topological polar surface area (TPSA) is 78.9 Å². The van der Waals surface area contributed by atoms with Gasteiger partial charge in [-0.1, -0.05) is 56.1 Å². The molecule has 4 rings (SSSR count). The number of esters is 3. The first-order chi connectivity index (χ1) is 20.0. The molecule has 0 aromatic heterocycles. The molecule has 0 unspecified atom stereocenters. The van der Waals surface area contributed by atoms with Crippen LogP contribution in [0.25, 0.3) is 33.4 Å². The van der Waals surface area contributed by atoms with Crippen LogP contribution in [-0.4, -0.2) is 17.9 Å². The van der Waals surface area contributed by atoms with E-state index in [1.165, 1.54) is 0 Å². The molecular weight excluding hydrogens is 528 g/mol. The van der Waals surface area contributed by atoms with E-state index in [1.807, 2.05) is 36.4 Å². The van der Waals surface area contributed by atoms with Crippen LogP contribution in [0.4, 0.5) is 0 Å². The van der Waals surface area contributed by atoms with Crippen molar-refractivity contribution in [1.82, 2.24) is 0 Å². The quantitative estimate of drug-likeness (QED) is 0.117. The fourth-order valence-corrected chi connectivity index (χ4v) is 3.86. The van der Waals surface area contributed by atoms with Crippen molar-refractivity contribution in [1.29, 1.82) is 0 Å². The molecule has 42 heavy (non-hydrogen) atoms. The van der Waals surface area contributed by atoms with Crippen molar-refractivity contribution in [3.8, 4) is 50.6 Å². The number of benzene rings is 4. The SMILES string of the molecule is C=C(C)C(=O)Oc1ccc(-c2cc(-c3ccc(OC(=O)C(=C)C)cc3)cc(-c3ccc(OC(=O)C(=C)C)cc3)c2)cc1. The normalized spacial score (nSPS) is 10.4. The van der Waals surface area contributed by atoms with E-state index in [0.717, 1.165) is 33.4 Å². The highest BCUT2D eigenvalue weighted by atomic mass is 16.5. The van der Waals surface area contributed by atoms with Gasteiger partial charge in [-0.05, 0) is 109 Å². The van der Waals surface area contributed by atoms with Crippen LogP contribution in [0.3, 0.4) is 0 Å². The highest BCUT2D eigenvalue weighted by molar-refractivity contribution is 5.90. The molecule has 0 heterocycles. The van der Waals surface area contributed by atoms with Crippen molar-refractivity contribution in [3.05, 3.63) is 127 Å². The first-order valence-corrected chi connectivity index (χ1v) is 13.1. The van der Waals surface area contributed by atoms with Gasteiger partial charge in [-0.15, -0.1) is 0 Å². The monoisotopic (exact) mass is 558 g/mol. The second kappa shape index (κ2) is 12.8. The van der Waals surface area contributed by atoms with Crippen molar-refractivity contribution in [2.24, 2.45) is 0 Å². The second-order valence-corrected chi connectivity index (χ2v) is 9.88. The van der Waals surface area contributed by atoms with Gasteiger partial charge in [-0.2, -0.15) is 0 Å². The molecule has 0 radical (unpaired) electrons. The summed E-state index contributed by atoms with van der Waals surface area (Å²) in [6.07, 6.45) is 0. The largest absolute Gasteiger partial charge is 0.423 e. The Hall–Kier alpha value is -5.49. The lowest BCUT2D eigenvalue weighted by Crippen LogP contribution is -2.08. The molecular formula is C36H30O6. The van der Waals surface area contributed by atoms with Gasteiger partial charge in [-0.3, -0.25) is 0 Å². The predicted octanol–water partition coefficient (Wildman–Crippen LogP) is 8.13. The van der Waals surface area contributed by atoms with Gasteiger partial charge in [0.05, 0.1) is 0 Å². The van der Waals surface area contributed by atoms with E-state index in [4.69, 9.17) is 14.2 Å². The van der Waals surface area contributed by atoms with Crippen LogP contribution in [0.15, 0.2) is 127 Å². The Kier molecular flexibility index (Phi) is 8.98. The summed E-state index contributed by atoms with van der Waals surface area (Å²) < 4.78 is 16.0. The molecule has 0 saturated carbocycles. The van der Waals surface area contributed by atoms with Crippen LogP contribution < -0.4 is 14.2 Å². The van der Waals surface area contributed by atoms with Crippen LogP contribution in [0.5, 0.6) is 17.2 Å². The first kappa shape index (κ1) is 29.5. The fraction of sp³-hybridized carbons (Fsp3) is 0.0833. The lowest BCUT2D eigenvalue weighted by molar-refractivity contribution is -0.130. The minimum atomic E-state index is -0.484. The van der Waals surface area contributed by atoms with Gasteiger partial charge in [0, 0.05) is 16.7 Å². The third kappa shape index (κ3) is 7.37. The van der Waals surface area contributed by atoms with Crippen LogP contribution in [0, 0.1) is 0 Å². The maximum atomic E-state index is 11.9. The van der Waals surface area contributed by atoms with E-state index in [9.17, 15) is 14.4 Å². The predicted molar refractivity (Wildman–Crippen MR) is 164 cm³/mol. The molecule has 0 spiro atoms. The summed E-state index contributed by atoms with van der Waals surface area (Å²) in [6, 6.07) is 27.8. The van der Waals surface area contributed by atoms with E-state index in [-0.39, 0.29) is 0 Å². The molecule has 0 N–H and O–H groups in total. The van der Waals surface area contributed by atoms with E-state index < -0.39 is 17.9 Å². The van der Waals surface area contributed by atoms with Crippen molar-refractivity contribution in [2.45, 2.75) is 20.8 Å². The van der Waals surface area contributed by atoms with Crippen LogP contribution in [-0.2, 0) is 14.4 Å². The number of hydrogen-bond donors (Lipinski definition) is 0. The molecule has 0 saturated heterocycles. The molecule has 6 nitrogen and oxygen atoms in total. The third-order valence-electron chi connectivity index (χ3n) is 6.17. The van der Waals surface area contributed by atoms with E-state index in [1.54, 1.807) is 57.2 Å². The molecule has 4 aromatic carbocycles. The van der Waals surface area contributed by atoms with Gasteiger partial charge in [0.1, 0.15) is 17.2 Å². The van der Waals surface area contributed by atoms with Crippen molar-refractivity contribution in [3.63, 3.8) is 0 Å². The maximum Gasteiger partial charge on any atom is 0.338 e. The Morgan fingerprint density at radius 3 is 0.810 bits per heavy atom. The number of rotatable bonds is 9. The highest BCUT2D eigenvalue weighted by Crippen LogP contribution is 2.35. The summed E-state index contributed by atoms with van der Waals surface area (Å²) in [5, 5.41) is 0.